The lowest BCUT2D eigenvalue weighted by Gasteiger charge is -2.40. The van der Waals surface area contributed by atoms with Crippen LogP contribution in [0.25, 0.3) is 0 Å². The lowest BCUT2D eigenvalue weighted by atomic mass is 9.78. The van der Waals surface area contributed by atoms with Gasteiger partial charge in [0.25, 0.3) is 0 Å². The van der Waals surface area contributed by atoms with E-state index in [0.29, 0.717) is 13.2 Å². The summed E-state index contributed by atoms with van der Waals surface area (Å²) in [5.41, 5.74) is 0.839. The number of carbonyl (C=O) groups excluding carboxylic acids is 1. The number of aliphatic hydroxyl groups excluding tert-OH is 1. The molecule has 1 amide bonds. The van der Waals surface area contributed by atoms with Gasteiger partial charge in [-0.2, -0.15) is 0 Å². The first-order valence-electron chi connectivity index (χ1n) is 7.25. The zero-order valence-corrected chi connectivity index (χ0v) is 12.0. The number of benzene rings is 1. The number of aliphatic hydroxyl groups is 1. The van der Waals surface area contributed by atoms with E-state index in [0.717, 1.165) is 31.4 Å². The number of amides is 1. The molecule has 1 aromatic carbocycles. The highest BCUT2D eigenvalue weighted by molar-refractivity contribution is 5.67. The third-order valence-corrected chi connectivity index (χ3v) is 4.21. The summed E-state index contributed by atoms with van der Waals surface area (Å²) < 4.78 is 5.36. The smallest absolute Gasteiger partial charge is 0.410 e. The van der Waals surface area contributed by atoms with Gasteiger partial charge < -0.3 is 14.7 Å². The van der Waals surface area contributed by atoms with E-state index in [2.05, 4.69) is 6.92 Å². The maximum Gasteiger partial charge on any atom is 0.410 e. The molecule has 20 heavy (non-hydrogen) atoms. The largest absolute Gasteiger partial charge is 0.445 e. The summed E-state index contributed by atoms with van der Waals surface area (Å²) in [5, 5.41) is 9.57. The van der Waals surface area contributed by atoms with E-state index in [1.54, 1.807) is 4.90 Å². The molecule has 1 aliphatic heterocycles. The highest BCUT2D eigenvalue weighted by atomic mass is 16.6. The molecule has 2 rings (SSSR count). The zero-order valence-electron chi connectivity index (χ0n) is 12.0. The molecule has 1 heterocycles. The molecule has 1 aliphatic rings. The number of likely N-dealkylation sites (tertiary alicyclic amines) is 1. The molecule has 1 atom stereocenters. The summed E-state index contributed by atoms with van der Waals surface area (Å²) in [4.78, 5) is 13.8. The first kappa shape index (κ1) is 14.9. The van der Waals surface area contributed by atoms with Crippen molar-refractivity contribution in [3.63, 3.8) is 0 Å². The first-order valence-corrected chi connectivity index (χ1v) is 7.25. The maximum absolute atomic E-state index is 12.1. The molecule has 0 saturated carbocycles. The van der Waals surface area contributed by atoms with Gasteiger partial charge in [-0.15, -0.1) is 0 Å². The summed E-state index contributed by atoms with van der Waals surface area (Å²) in [6.45, 7) is 3.80. The molecule has 4 heteroatoms. The summed E-state index contributed by atoms with van der Waals surface area (Å²) in [7, 11) is 0. The Labute approximate surface area is 120 Å². The Morgan fingerprint density at radius 1 is 1.40 bits per heavy atom. The number of hydrogen-bond acceptors (Lipinski definition) is 3. The SMILES string of the molecule is CCC1(CO)CCCN(C(=O)OCc2ccccc2)C1. The predicted molar refractivity (Wildman–Crippen MR) is 77.2 cm³/mol. The molecule has 0 aliphatic carbocycles. The van der Waals surface area contributed by atoms with Crippen LogP contribution in [0.15, 0.2) is 30.3 Å². The fourth-order valence-electron chi connectivity index (χ4n) is 2.70. The van der Waals surface area contributed by atoms with Crippen LogP contribution in [0, 0.1) is 5.41 Å². The van der Waals surface area contributed by atoms with Gasteiger partial charge in [0.05, 0.1) is 6.61 Å². The lowest BCUT2D eigenvalue weighted by Crippen LogP contribution is -2.47. The Hall–Kier alpha value is -1.55. The first-order chi connectivity index (χ1) is 9.69. The van der Waals surface area contributed by atoms with Crippen LogP contribution in [0.5, 0.6) is 0 Å². The van der Waals surface area contributed by atoms with Gasteiger partial charge in [-0.05, 0) is 24.8 Å². The van der Waals surface area contributed by atoms with Gasteiger partial charge in [0.2, 0.25) is 0 Å². The second-order valence-corrected chi connectivity index (χ2v) is 5.58. The molecule has 1 aromatic rings. The zero-order chi connectivity index (χ0) is 14.4. The van der Waals surface area contributed by atoms with Crippen molar-refractivity contribution in [3.05, 3.63) is 35.9 Å². The minimum atomic E-state index is -0.278. The fraction of sp³-hybridized carbons (Fsp3) is 0.562. The van der Waals surface area contributed by atoms with Gasteiger partial charge in [0.1, 0.15) is 6.61 Å². The van der Waals surface area contributed by atoms with Crippen molar-refractivity contribution in [2.75, 3.05) is 19.7 Å². The van der Waals surface area contributed by atoms with E-state index >= 15 is 0 Å². The van der Waals surface area contributed by atoms with Crippen LogP contribution in [-0.2, 0) is 11.3 Å². The van der Waals surface area contributed by atoms with E-state index in [9.17, 15) is 9.90 Å². The van der Waals surface area contributed by atoms with E-state index in [-0.39, 0.29) is 18.1 Å². The number of hydrogen-bond donors (Lipinski definition) is 1. The Bertz CT molecular complexity index is 429. The van der Waals surface area contributed by atoms with Gasteiger partial charge in [0, 0.05) is 18.5 Å². The van der Waals surface area contributed by atoms with Crippen LogP contribution in [0.2, 0.25) is 0 Å². The van der Waals surface area contributed by atoms with Crippen molar-refractivity contribution in [2.45, 2.75) is 32.8 Å². The molecule has 110 valence electrons. The monoisotopic (exact) mass is 277 g/mol. The normalized spacial score (nSPS) is 22.6. The van der Waals surface area contributed by atoms with E-state index in [1.165, 1.54) is 0 Å². The molecule has 1 N–H and O–H groups in total. The van der Waals surface area contributed by atoms with Crippen LogP contribution >= 0.6 is 0 Å². The highest BCUT2D eigenvalue weighted by Crippen LogP contribution is 2.33. The minimum Gasteiger partial charge on any atom is -0.445 e. The van der Waals surface area contributed by atoms with Crippen LogP contribution in [0.3, 0.4) is 0 Å². The number of rotatable bonds is 4. The Kier molecular flexibility index (Phi) is 5.01. The molecular weight excluding hydrogens is 254 g/mol. The molecule has 1 unspecified atom stereocenters. The molecule has 4 nitrogen and oxygen atoms in total. The van der Waals surface area contributed by atoms with Crippen molar-refractivity contribution in [3.8, 4) is 0 Å². The lowest BCUT2D eigenvalue weighted by molar-refractivity contribution is 0.0193. The predicted octanol–water partition coefficient (Wildman–Crippen LogP) is 2.81. The van der Waals surface area contributed by atoms with Gasteiger partial charge in [-0.25, -0.2) is 4.79 Å². The van der Waals surface area contributed by atoms with Crippen molar-refractivity contribution in [1.82, 2.24) is 4.90 Å². The van der Waals surface area contributed by atoms with Crippen LogP contribution in [0.4, 0.5) is 4.79 Å². The fourth-order valence-corrected chi connectivity index (χ4v) is 2.70. The van der Waals surface area contributed by atoms with Crippen LogP contribution in [-0.4, -0.2) is 35.8 Å². The highest BCUT2D eigenvalue weighted by Gasteiger charge is 2.35. The Morgan fingerprint density at radius 2 is 2.15 bits per heavy atom. The second-order valence-electron chi connectivity index (χ2n) is 5.58. The molecule has 0 aromatic heterocycles. The molecule has 1 saturated heterocycles. The third kappa shape index (κ3) is 3.51. The summed E-state index contributed by atoms with van der Waals surface area (Å²) in [5.74, 6) is 0. The number of nitrogens with zero attached hydrogens (tertiary/aromatic N) is 1. The number of carbonyl (C=O) groups is 1. The van der Waals surface area contributed by atoms with Gasteiger partial charge in [-0.1, -0.05) is 37.3 Å². The van der Waals surface area contributed by atoms with E-state index < -0.39 is 0 Å². The quantitative estimate of drug-likeness (QED) is 0.920. The number of ether oxygens (including phenoxy) is 1. The molecule has 1 fully saturated rings. The standard InChI is InChI=1S/C16H23NO3/c1-2-16(13-18)9-6-10-17(12-16)15(19)20-11-14-7-4-3-5-8-14/h3-5,7-8,18H,2,6,9-13H2,1H3. The summed E-state index contributed by atoms with van der Waals surface area (Å²) in [6, 6.07) is 9.67. The Balaban J connectivity index is 1.89. The summed E-state index contributed by atoms with van der Waals surface area (Å²) in [6.07, 6.45) is 2.50. The van der Waals surface area contributed by atoms with Crippen molar-refractivity contribution in [1.29, 1.82) is 0 Å². The minimum absolute atomic E-state index is 0.131. The van der Waals surface area contributed by atoms with Gasteiger partial charge in [-0.3, -0.25) is 0 Å². The van der Waals surface area contributed by atoms with E-state index in [4.69, 9.17) is 4.74 Å². The molecular formula is C16H23NO3. The van der Waals surface area contributed by atoms with Gasteiger partial charge >= 0.3 is 6.09 Å². The average Bonchev–Trinajstić information content (AvgIpc) is 2.53. The molecule has 0 spiro atoms. The average molecular weight is 277 g/mol. The molecule has 0 radical (unpaired) electrons. The topological polar surface area (TPSA) is 49.8 Å². The van der Waals surface area contributed by atoms with Gasteiger partial charge in [0.15, 0.2) is 0 Å². The van der Waals surface area contributed by atoms with Crippen molar-refractivity contribution >= 4 is 6.09 Å². The van der Waals surface area contributed by atoms with Crippen LogP contribution < -0.4 is 0 Å². The van der Waals surface area contributed by atoms with Crippen molar-refractivity contribution in [2.24, 2.45) is 5.41 Å². The molecule has 0 bridgehead atoms. The maximum atomic E-state index is 12.1. The summed E-state index contributed by atoms with van der Waals surface area (Å²) >= 11 is 0. The number of piperidine rings is 1. The Morgan fingerprint density at radius 3 is 2.80 bits per heavy atom. The van der Waals surface area contributed by atoms with Crippen molar-refractivity contribution < 1.29 is 14.6 Å². The van der Waals surface area contributed by atoms with Crippen LogP contribution in [0.1, 0.15) is 31.7 Å². The van der Waals surface area contributed by atoms with E-state index in [1.807, 2.05) is 30.3 Å². The third-order valence-electron chi connectivity index (χ3n) is 4.21. The second kappa shape index (κ2) is 6.75.